The zero-order valence-electron chi connectivity index (χ0n) is 8.45. The average molecular weight is 208 g/mol. The molecule has 0 fully saturated rings. The van der Waals surface area contributed by atoms with Crippen molar-refractivity contribution in [2.75, 3.05) is 13.2 Å². The molecule has 1 aromatic rings. The molecule has 0 aromatic heterocycles. The zero-order valence-corrected chi connectivity index (χ0v) is 8.45. The number of esters is 1. The molecule has 0 atom stereocenters. The quantitative estimate of drug-likeness (QED) is 0.748. The molecule has 4 heteroatoms. The lowest BCUT2D eigenvalue weighted by Crippen LogP contribution is -2.06. The fourth-order valence-electron chi connectivity index (χ4n) is 1.65. The number of hydrogen-bond acceptors (Lipinski definition) is 4. The second-order valence-corrected chi connectivity index (χ2v) is 3.30. The third-order valence-electron chi connectivity index (χ3n) is 2.26. The summed E-state index contributed by atoms with van der Waals surface area (Å²) in [5.41, 5.74) is 1.17. The first kappa shape index (κ1) is 9.83. The number of rotatable bonds is 2. The fraction of sp³-hybridized carbons (Fsp3) is 0.364. The van der Waals surface area contributed by atoms with Gasteiger partial charge in [-0.15, -0.1) is 0 Å². The maximum atomic E-state index is 11.5. The van der Waals surface area contributed by atoms with E-state index in [1.807, 2.05) is 0 Å². The fourth-order valence-corrected chi connectivity index (χ4v) is 1.65. The van der Waals surface area contributed by atoms with Gasteiger partial charge >= 0.3 is 5.97 Å². The summed E-state index contributed by atoms with van der Waals surface area (Å²) in [5, 5.41) is 9.43. The van der Waals surface area contributed by atoms with Crippen molar-refractivity contribution in [3.63, 3.8) is 0 Å². The molecule has 0 saturated carbocycles. The first-order valence-electron chi connectivity index (χ1n) is 4.88. The molecule has 15 heavy (non-hydrogen) atoms. The summed E-state index contributed by atoms with van der Waals surface area (Å²) in [6, 6.07) is 2.99. The molecule has 1 aliphatic rings. The van der Waals surface area contributed by atoms with Crippen LogP contribution in [0.2, 0.25) is 0 Å². The van der Waals surface area contributed by atoms with Gasteiger partial charge in [-0.25, -0.2) is 4.79 Å². The maximum absolute atomic E-state index is 11.5. The van der Waals surface area contributed by atoms with E-state index in [2.05, 4.69) is 0 Å². The van der Waals surface area contributed by atoms with E-state index in [-0.39, 0.29) is 5.75 Å². The molecule has 1 heterocycles. The van der Waals surface area contributed by atoms with Gasteiger partial charge in [0, 0.05) is 12.0 Å². The van der Waals surface area contributed by atoms with Crippen molar-refractivity contribution in [1.82, 2.24) is 0 Å². The highest BCUT2D eigenvalue weighted by Gasteiger charge is 2.22. The number of hydrogen-bond donors (Lipinski definition) is 1. The Morgan fingerprint density at radius 1 is 1.60 bits per heavy atom. The Morgan fingerprint density at radius 2 is 2.40 bits per heavy atom. The molecule has 2 rings (SSSR count). The van der Waals surface area contributed by atoms with E-state index >= 15 is 0 Å². The summed E-state index contributed by atoms with van der Waals surface area (Å²) < 4.78 is 10.2. The van der Waals surface area contributed by atoms with Crippen LogP contribution >= 0.6 is 0 Å². The zero-order chi connectivity index (χ0) is 10.8. The van der Waals surface area contributed by atoms with Gasteiger partial charge < -0.3 is 14.6 Å². The molecule has 1 aliphatic heterocycles. The van der Waals surface area contributed by atoms with Gasteiger partial charge in [-0.2, -0.15) is 0 Å². The minimum absolute atomic E-state index is 0.0716. The first-order chi connectivity index (χ1) is 7.22. The summed E-state index contributed by atoms with van der Waals surface area (Å²) in [4.78, 5) is 11.5. The lowest BCUT2D eigenvalue weighted by atomic mass is 10.1. The number of aromatic hydroxyl groups is 1. The molecule has 0 aliphatic carbocycles. The van der Waals surface area contributed by atoms with E-state index in [0.717, 1.165) is 12.0 Å². The second-order valence-electron chi connectivity index (χ2n) is 3.30. The van der Waals surface area contributed by atoms with Crippen LogP contribution in [0.5, 0.6) is 11.5 Å². The Bertz CT molecular complexity index is 398. The van der Waals surface area contributed by atoms with Crippen molar-refractivity contribution < 1.29 is 19.4 Å². The molecule has 0 amide bonds. The summed E-state index contributed by atoms with van der Waals surface area (Å²) >= 11 is 0. The van der Waals surface area contributed by atoms with Crippen molar-refractivity contribution >= 4 is 5.97 Å². The van der Waals surface area contributed by atoms with Crippen molar-refractivity contribution in [3.05, 3.63) is 23.3 Å². The topological polar surface area (TPSA) is 55.8 Å². The summed E-state index contributed by atoms with van der Waals surface area (Å²) in [7, 11) is 0. The number of fused-ring (bicyclic) bond motifs is 1. The molecule has 0 radical (unpaired) electrons. The number of carbonyl (C=O) groups is 1. The van der Waals surface area contributed by atoms with Crippen LogP contribution in [0.4, 0.5) is 0 Å². The van der Waals surface area contributed by atoms with Gasteiger partial charge in [-0.1, -0.05) is 0 Å². The van der Waals surface area contributed by atoms with Crippen molar-refractivity contribution in [2.45, 2.75) is 13.3 Å². The smallest absolute Gasteiger partial charge is 0.342 e. The van der Waals surface area contributed by atoms with Crippen LogP contribution in [0.1, 0.15) is 22.8 Å². The lowest BCUT2D eigenvalue weighted by molar-refractivity contribution is 0.0522. The number of benzene rings is 1. The monoisotopic (exact) mass is 208 g/mol. The highest BCUT2D eigenvalue weighted by molar-refractivity contribution is 5.93. The largest absolute Gasteiger partial charge is 0.508 e. The summed E-state index contributed by atoms with van der Waals surface area (Å²) in [6.45, 7) is 2.59. The SMILES string of the molecule is CCOC(=O)c1cc(O)cc2c1OCC2. The Balaban J connectivity index is 2.42. The molecule has 4 nitrogen and oxygen atoms in total. The lowest BCUT2D eigenvalue weighted by Gasteiger charge is -2.07. The molecule has 1 aromatic carbocycles. The molecular formula is C11H12O4. The Kier molecular flexibility index (Phi) is 2.49. The molecule has 0 saturated heterocycles. The molecule has 1 N–H and O–H groups in total. The highest BCUT2D eigenvalue weighted by atomic mass is 16.5. The van der Waals surface area contributed by atoms with Gasteiger partial charge in [-0.3, -0.25) is 0 Å². The number of carbonyl (C=O) groups excluding carboxylic acids is 1. The van der Waals surface area contributed by atoms with E-state index in [4.69, 9.17) is 9.47 Å². The number of ether oxygens (including phenoxy) is 2. The van der Waals surface area contributed by atoms with E-state index in [9.17, 15) is 9.90 Å². The van der Waals surface area contributed by atoms with Crippen LogP contribution in [0.3, 0.4) is 0 Å². The van der Waals surface area contributed by atoms with Gasteiger partial charge in [0.25, 0.3) is 0 Å². The van der Waals surface area contributed by atoms with Crippen LogP contribution in [0.15, 0.2) is 12.1 Å². The van der Waals surface area contributed by atoms with Crippen LogP contribution in [0.25, 0.3) is 0 Å². The van der Waals surface area contributed by atoms with E-state index in [1.54, 1.807) is 13.0 Å². The van der Waals surface area contributed by atoms with E-state index in [1.165, 1.54) is 6.07 Å². The Morgan fingerprint density at radius 3 is 3.13 bits per heavy atom. The standard InChI is InChI=1S/C11H12O4/c1-2-14-11(13)9-6-8(12)5-7-3-4-15-10(7)9/h5-6,12H,2-4H2,1H3. The predicted octanol–water partition coefficient (Wildman–Crippen LogP) is 1.50. The molecule has 0 spiro atoms. The van der Waals surface area contributed by atoms with Crippen molar-refractivity contribution in [2.24, 2.45) is 0 Å². The predicted molar refractivity (Wildman–Crippen MR) is 53.3 cm³/mol. The van der Waals surface area contributed by atoms with Gasteiger partial charge in [0.05, 0.1) is 13.2 Å². The number of phenolic OH excluding ortho intramolecular Hbond substituents is 1. The van der Waals surface area contributed by atoms with Gasteiger partial charge in [0.1, 0.15) is 17.1 Å². The third kappa shape index (κ3) is 1.75. The van der Waals surface area contributed by atoms with E-state index in [0.29, 0.717) is 24.5 Å². The molecule has 0 bridgehead atoms. The first-order valence-corrected chi connectivity index (χ1v) is 4.88. The van der Waals surface area contributed by atoms with Crippen LogP contribution in [0, 0.1) is 0 Å². The molecular weight excluding hydrogens is 196 g/mol. The van der Waals surface area contributed by atoms with Gasteiger partial charge in [0.2, 0.25) is 0 Å². The van der Waals surface area contributed by atoms with E-state index < -0.39 is 5.97 Å². The van der Waals surface area contributed by atoms with Gasteiger partial charge in [0.15, 0.2) is 0 Å². The Hall–Kier alpha value is -1.71. The number of phenols is 1. The minimum atomic E-state index is -0.452. The molecule has 80 valence electrons. The highest BCUT2D eigenvalue weighted by Crippen LogP contribution is 2.33. The Labute approximate surface area is 87.4 Å². The summed E-state index contributed by atoms with van der Waals surface area (Å²) in [5.74, 6) is 0.167. The van der Waals surface area contributed by atoms with Crippen molar-refractivity contribution in [1.29, 1.82) is 0 Å². The summed E-state index contributed by atoms with van der Waals surface area (Å²) in [6.07, 6.45) is 0.718. The maximum Gasteiger partial charge on any atom is 0.342 e. The van der Waals surface area contributed by atoms with Gasteiger partial charge in [-0.05, 0) is 19.1 Å². The van der Waals surface area contributed by atoms with Crippen LogP contribution in [-0.2, 0) is 11.2 Å². The second kappa shape index (κ2) is 3.81. The average Bonchev–Trinajstić information content (AvgIpc) is 2.64. The minimum Gasteiger partial charge on any atom is -0.508 e. The van der Waals surface area contributed by atoms with Crippen molar-refractivity contribution in [3.8, 4) is 11.5 Å². The molecule has 0 unspecified atom stereocenters. The van der Waals surface area contributed by atoms with Crippen LogP contribution in [-0.4, -0.2) is 24.3 Å². The van der Waals surface area contributed by atoms with Crippen LogP contribution < -0.4 is 4.74 Å². The normalized spacial score (nSPS) is 13.1. The third-order valence-corrected chi connectivity index (χ3v) is 2.26.